The van der Waals surface area contributed by atoms with Gasteiger partial charge in [0.25, 0.3) is 0 Å². The SMILES string of the molecule is CCc1cc(CC(NN)C2C(C)OC(C)C2C)n(C)n1. The molecule has 5 atom stereocenters. The topological polar surface area (TPSA) is 65.1 Å². The number of aryl methyl sites for hydroxylation is 2. The predicted molar refractivity (Wildman–Crippen MR) is 80.1 cm³/mol. The molecule has 3 N–H and O–H groups in total. The quantitative estimate of drug-likeness (QED) is 0.632. The third-order valence-electron chi connectivity index (χ3n) is 4.82. The van der Waals surface area contributed by atoms with Gasteiger partial charge in [-0.05, 0) is 32.3 Å². The number of ether oxygens (including phenoxy) is 1. The first-order chi connectivity index (χ1) is 9.47. The lowest BCUT2D eigenvalue weighted by Gasteiger charge is -2.28. The molecule has 114 valence electrons. The van der Waals surface area contributed by atoms with Crippen molar-refractivity contribution in [2.24, 2.45) is 24.7 Å². The number of nitrogens with two attached hydrogens (primary N) is 1. The Morgan fingerprint density at radius 2 is 2.10 bits per heavy atom. The van der Waals surface area contributed by atoms with E-state index in [0.717, 1.165) is 18.5 Å². The molecule has 0 aliphatic carbocycles. The third kappa shape index (κ3) is 2.90. The van der Waals surface area contributed by atoms with Gasteiger partial charge in [-0.25, -0.2) is 0 Å². The zero-order chi connectivity index (χ0) is 14.9. The van der Waals surface area contributed by atoms with Crippen LogP contribution in [0.2, 0.25) is 0 Å². The van der Waals surface area contributed by atoms with Crippen molar-refractivity contribution >= 4 is 0 Å². The normalized spacial score (nSPS) is 31.7. The summed E-state index contributed by atoms with van der Waals surface area (Å²) in [5.74, 6) is 6.75. The minimum Gasteiger partial charge on any atom is -0.375 e. The lowest BCUT2D eigenvalue weighted by atomic mass is 9.82. The summed E-state index contributed by atoms with van der Waals surface area (Å²) in [6, 6.07) is 2.39. The molecule has 5 heteroatoms. The number of hydrazine groups is 1. The first kappa shape index (κ1) is 15.5. The Labute approximate surface area is 121 Å². The van der Waals surface area contributed by atoms with Crippen LogP contribution in [0.15, 0.2) is 6.07 Å². The summed E-state index contributed by atoms with van der Waals surface area (Å²) < 4.78 is 7.92. The Bertz CT molecular complexity index is 445. The van der Waals surface area contributed by atoms with Crippen LogP contribution in [0.25, 0.3) is 0 Å². The third-order valence-corrected chi connectivity index (χ3v) is 4.82. The molecule has 5 unspecified atom stereocenters. The van der Waals surface area contributed by atoms with Crippen molar-refractivity contribution in [2.45, 2.75) is 58.8 Å². The van der Waals surface area contributed by atoms with Gasteiger partial charge in [0.05, 0.1) is 17.9 Å². The van der Waals surface area contributed by atoms with Crippen LogP contribution in [-0.2, 0) is 24.6 Å². The van der Waals surface area contributed by atoms with Gasteiger partial charge < -0.3 is 4.74 Å². The van der Waals surface area contributed by atoms with E-state index in [1.165, 1.54) is 5.69 Å². The van der Waals surface area contributed by atoms with E-state index in [2.05, 4.69) is 44.3 Å². The standard InChI is InChI=1S/C15H28N4O/c1-6-12-7-13(19(5)18-12)8-14(17-16)15-9(2)10(3)20-11(15)4/h7,9-11,14-15,17H,6,8,16H2,1-5H3. The average molecular weight is 280 g/mol. The van der Waals surface area contributed by atoms with Crippen molar-refractivity contribution in [1.29, 1.82) is 0 Å². The van der Waals surface area contributed by atoms with Gasteiger partial charge in [-0.2, -0.15) is 5.10 Å². The van der Waals surface area contributed by atoms with Crippen LogP contribution in [0, 0.1) is 11.8 Å². The molecular weight excluding hydrogens is 252 g/mol. The molecule has 0 bridgehead atoms. The molecule has 0 spiro atoms. The zero-order valence-electron chi connectivity index (χ0n) is 13.3. The van der Waals surface area contributed by atoms with Gasteiger partial charge in [0.15, 0.2) is 0 Å². The number of aromatic nitrogens is 2. The smallest absolute Gasteiger partial charge is 0.0624 e. The van der Waals surface area contributed by atoms with Crippen molar-refractivity contribution < 1.29 is 4.74 Å². The van der Waals surface area contributed by atoms with E-state index in [0.29, 0.717) is 17.9 Å². The molecule has 20 heavy (non-hydrogen) atoms. The lowest BCUT2D eigenvalue weighted by Crippen LogP contribution is -2.47. The molecule has 2 heterocycles. The summed E-state index contributed by atoms with van der Waals surface area (Å²) in [5, 5.41) is 4.51. The predicted octanol–water partition coefficient (Wildman–Crippen LogP) is 1.42. The van der Waals surface area contributed by atoms with Crippen molar-refractivity contribution in [3.8, 4) is 0 Å². The van der Waals surface area contributed by atoms with Crippen molar-refractivity contribution in [3.05, 3.63) is 17.5 Å². The number of nitrogens with one attached hydrogen (secondary N) is 1. The van der Waals surface area contributed by atoms with Crippen molar-refractivity contribution in [3.63, 3.8) is 0 Å². The molecule has 5 nitrogen and oxygen atoms in total. The maximum absolute atomic E-state index is 5.95. The average Bonchev–Trinajstić information content (AvgIpc) is 2.89. The van der Waals surface area contributed by atoms with Crippen LogP contribution in [0.1, 0.15) is 39.1 Å². The zero-order valence-corrected chi connectivity index (χ0v) is 13.3. The second-order valence-corrected chi connectivity index (χ2v) is 6.06. The van der Waals surface area contributed by atoms with E-state index in [1.54, 1.807) is 0 Å². The van der Waals surface area contributed by atoms with Gasteiger partial charge in [-0.1, -0.05) is 13.8 Å². The maximum Gasteiger partial charge on any atom is 0.0624 e. The van der Waals surface area contributed by atoms with E-state index in [-0.39, 0.29) is 12.1 Å². The van der Waals surface area contributed by atoms with Crippen LogP contribution in [0.5, 0.6) is 0 Å². The van der Waals surface area contributed by atoms with Gasteiger partial charge in [0, 0.05) is 31.1 Å². The fraction of sp³-hybridized carbons (Fsp3) is 0.800. The minimum absolute atomic E-state index is 0.213. The summed E-state index contributed by atoms with van der Waals surface area (Å²) in [6.07, 6.45) is 2.38. The van der Waals surface area contributed by atoms with Gasteiger partial charge in [0.2, 0.25) is 0 Å². The van der Waals surface area contributed by atoms with Crippen molar-refractivity contribution in [2.75, 3.05) is 0 Å². The van der Waals surface area contributed by atoms with E-state index < -0.39 is 0 Å². The number of rotatable bonds is 5. The summed E-state index contributed by atoms with van der Waals surface area (Å²) in [5.41, 5.74) is 5.37. The first-order valence-corrected chi connectivity index (χ1v) is 7.61. The van der Waals surface area contributed by atoms with Crippen molar-refractivity contribution in [1.82, 2.24) is 15.2 Å². The number of hydrogen-bond donors (Lipinski definition) is 2. The van der Waals surface area contributed by atoms with E-state index in [4.69, 9.17) is 10.6 Å². The van der Waals surface area contributed by atoms with Crippen LogP contribution < -0.4 is 11.3 Å². The van der Waals surface area contributed by atoms with Crippen LogP contribution in [0.3, 0.4) is 0 Å². The molecule has 1 saturated heterocycles. The highest BCUT2D eigenvalue weighted by Crippen LogP contribution is 2.35. The van der Waals surface area contributed by atoms with Crippen LogP contribution in [0.4, 0.5) is 0 Å². The van der Waals surface area contributed by atoms with E-state index in [9.17, 15) is 0 Å². The first-order valence-electron chi connectivity index (χ1n) is 7.61. The Morgan fingerprint density at radius 3 is 2.55 bits per heavy atom. The molecular formula is C15H28N4O. The van der Waals surface area contributed by atoms with Gasteiger partial charge >= 0.3 is 0 Å². The number of hydrogen-bond acceptors (Lipinski definition) is 4. The second-order valence-electron chi connectivity index (χ2n) is 6.06. The van der Waals surface area contributed by atoms with Crippen LogP contribution >= 0.6 is 0 Å². The molecule has 1 aromatic rings. The number of nitrogens with zero attached hydrogens (tertiary/aromatic N) is 2. The largest absolute Gasteiger partial charge is 0.375 e. The van der Waals surface area contributed by atoms with Gasteiger partial charge in [0.1, 0.15) is 0 Å². The van der Waals surface area contributed by atoms with Gasteiger partial charge in [-0.3, -0.25) is 16.0 Å². The molecule has 2 rings (SSSR count). The minimum atomic E-state index is 0.213. The highest BCUT2D eigenvalue weighted by Gasteiger charge is 2.41. The Balaban J connectivity index is 2.14. The fourth-order valence-electron chi connectivity index (χ4n) is 3.45. The molecule has 1 aliphatic rings. The van der Waals surface area contributed by atoms with Crippen LogP contribution in [-0.4, -0.2) is 28.0 Å². The molecule has 1 fully saturated rings. The molecule has 1 aliphatic heterocycles. The molecule has 0 radical (unpaired) electrons. The highest BCUT2D eigenvalue weighted by molar-refractivity contribution is 5.12. The Kier molecular flexibility index (Phi) is 4.83. The summed E-state index contributed by atoms with van der Waals surface area (Å²) in [6.45, 7) is 8.68. The summed E-state index contributed by atoms with van der Waals surface area (Å²) in [4.78, 5) is 0. The molecule has 1 aromatic heterocycles. The molecule has 0 aromatic carbocycles. The monoisotopic (exact) mass is 280 g/mol. The molecule has 0 amide bonds. The Hall–Kier alpha value is -0.910. The highest BCUT2D eigenvalue weighted by atomic mass is 16.5. The summed E-state index contributed by atoms with van der Waals surface area (Å²) >= 11 is 0. The molecule has 0 saturated carbocycles. The second kappa shape index (κ2) is 6.24. The van der Waals surface area contributed by atoms with E-state index in [1.807, 2.05) is 11.7 Å². The fourth-order valence-corrected chi connectivity index (χ4v) is 3.45. The van der Waals surface area contributed by atoms with E-state index >= 15 is 0 Å². The maximum atomic E-state index is 5.95. The van der Waals surface area contributed by atoms with Gasteiger partial charge in [-0.15, -0.1) is 0 Å². The summed E-state index contributed by atoms with van der Waals surface area (Å²) in [7, 11) is 2.00. The Morgan fingerprint density at radius 1 is 1.40 bits per heavy atom. The lowest BCUT2D eigenvalue weighted by molar-refractivity contribution is 0.0475.